The zero-order chi connectivity index (χ0) is 17.5. The predicted molar refractivity (Wildman–Crippen MR) is 94.6 cm³/mol. The molecule has 0 unspecified atom stereocenters. The van der Waals surface area contributed by atoms with Gasteiger partial charge < -0.3 is 25.0 Å². The lowest BCUT2D eigenvalue weighted by molar-refractivity contribution is 0.0670. The fourth-order valence-electron chi connectivity index (χ4n) is 2.74. The Balaban J connectivity index is 1.80. The molecular weight excluding hydrogens is 308 g/mol. The number of aliphatic hydroxyl groups excluding tert-OH is 1. The van der Waals surface area contributed by atoms with Gasteiger partial charge in [-0.3, -0.25) is 4.90 Å². The smallest absolute Gasteiger partial charge is 0.321 e. The zero-order valence-corrected chi connectivity index (χ0v) is 14.7. The number of para-hydroxylation sites is 2. The molecule has 2 rings (SSSR count). The average molecular weight is 336 g/mol. The lowest BCUT2D eigenvalue weighted by atomic mass is 10.2. The molecule has 0 bridgehead atoms. The number of urea groups is 1. The number of amides is 2. The summed E-state index contributed by atoms with van der Waals surface area (Å²) >= 11 is 0. The van der Waals surface area contributed by atoms with E-state index in [0.29, 0.717) is 18.0 Å². The second-order valence-corrected chi connectivity index (χ2v) is 6.27. The Morgan fingerprint density at radius 2 is 2.00 bits per heavy atom. The van der Waals surface area contributed by atoms with Gasteiger partial charge in [0.1, 0.15) is 5.75 Å². The molecular formula is C17H28N4O3. The Bertz CT molecular complexity index is 532. The lowest BCUT2D eigenvalue weighted by Gasteiger charge is -2.34. The van der Waals surface area contributed by atoms with E-state index >= 15 is 0 Å². The second-order valence-electron chi connectivity index (χ2n) is 6.27. The fourth-order valence-corrected chi connectivity index (χ4v) is 2.74. The van der Waals surface area contributed by atoms with Crippen LogP contribution in [-0.2, 0) is 0 Å². The number of nitrogens with zero attached hydrogens (tertiary/aromatic N) is 3. The van der Waals surface area contributed by atoms with E-state index in [9.17, 15) is 9.90 Å². The molecule has 0 saturated carbocycles. The van der Waals surface area contributed by atoms with Crippen LogP contribution in [0.1, 0.15) is 0 Å². The molecule has 1 aromatic carbocycles. The number of nitrogens with one attached hydrogen (secondary N) is 1. The highest BCUT2D eigenvalue weighted by Crippen LogP contribution is 2.23. The van der Waals surface area contributed by atoms with Crippen molar-refractivity contribution in [2.45, 2.75) is 6.10 Å². The summed E-state index contributed by atoms with van der Waals surface area (Å²) in [6.07, 6.45) is -0.568. The van der Waals surface area contributed by atoms with E-state index in [4.69, 9.17) is 4.74 Å². The first-order valence-corrected chi connectivity index (χ1v) is 8.23. The molecule has 1 aromatic rings. The van der Waals surface area contributed by atoms with Gasteiger partial charge in [-0.15, -0.1) is 0 Å². The summed E-state index contributed by atoms with van der Waals surface area (Å²) in [6.45, 7) is 4.79. The Hall–Kier alpha value is -1.83. The standard InChI is InChI=1S/C17H28N4O3/c1-19-8-10-21(11-9-19)13-14(22)12-20(2)17(23)18-15-6-4-5-7-16(15)24-3/h4-7,14,22H,8-13H2,1-3H3,(H,18,23)/t14-/m0/s1. The van der Waals surface area contributed by atoms with Gasteiger partial charge in [-0.2, -0.15) is 0 Å². The van der Waals surface area contributed by atoms with E-state index in [1.165, 1.54) is 4.90 Å². The topological polar surface area (TPSA) is 68.3 Å². The Kier molecular flexibility index (Phi) is 6.84. The zero-order valence-electron chi connectivity index (χ0n) is 14.7. The molecule has 7 nitrogen and oxygen atoms in total. The Morgan fingerprint density at radius 1 is 1.33 bits per heavy atom. The summed E-state index contributed by atoms with van der Waals surface area (Å²) in [7, 11) is 5.34. The van der Waals surface area contributed by atoms with Crippen LogP contribution in [0.15, 0.2) is 24.3 Å². The molecule has 2 amide bonds. The van der Waals surface area contributed by atoms with E-state index in [1.807, 2.05) is 12.1 Å². The third-order valence-corrected chi connectivity index (χ3v) is 4.24. The van der Waals surface area contributed by atoms with Crippen LogP contribution in [0.2, 0.25) is 0 Å². The minimum atomic E-state index is -0.568. The molecule has 1 saturated heterocycles. The Morgan fingerprint density at radius 3 is 2.67 bits per heavy atom. The Labute approximate surface area is 143 Å². The van der Waals surface area contributed by atoms with Gasteiger partial charge in [0.05, 0.1) is 18.9 Å². The van der Waals surface area contributed by atoms with Gasteiger partial charge in [0.25, 0.3) is 0 Å². The number of hydrogen-bond acceptors (Lipinski definition) is 5. The maximum atomic E-state index is 12.3. The van der Waals surface area contributed by atoms with Crippen LogP contribution in [0.5, 0.6) is 5.75 Å². The van der Waals surface area contributed by atoms with Crippen LogP contribution in [-0.4, -0.2) is 92.4 Å². The van der Waals surface area contributed by atoms with Crippen molar-refractivity contribution in [3.8, 4) is 5.75 Å². The number of aliphatic hydroxyl groups is 1. The van der Waals surface area contributed by atoms with Crippen LogP contribution in [0.4, 0.5) is 10.5 Å². The van der Waals surface area contributed by atoms with Crippen LogP contribution < -0.4 is 10.1 Å². The molecule has 0 spiro atoms. The van der Waals surface area contributed by atoms with Crippen molar-refractivity contribution in [3.63, 3.8) is 0 Å². The van der Waals surface area contributed by atoms with E-state index in [2.05, 4.69) is 22.2 Å². The number of rotatable bonds is 6. The molecule has 0 aromatic heterocycles. The molecule has 1 atom stereocenters. The van der Waals surface area contributed by atoms with E-state index in [-0.39, 0.29) is 12.6 Å². The highest BCUT2D eigenvalue weighted by Gasteiger charge is 2.20. The number of β-amino-alcohol motifs (C(OH)–C–C–N with tert-alkyl or cyclic N) is 1. The maximum absolute atomic E-state index is 12.3. The molecule has 0 radical (unpaired) electrons. The monoisotopic (exact) mass is 336 g/mol. The number of methoxy groups -OCH3 is 1. The molecule has 7 heteroatoms. The summed E-state index contributed by atoms with van der Waals surface area (Å²) in [5.74, 6) is 0.609. The third-order valence-electron chi connectivity index (χ3n) is 4.24. The molecule has 1 heterocycles. The number of carbonyl (C=O) groups is 1. The first-order chi connectivity index (χ1) is 11.5. The number of anilines is 1. The summed E-state index contributed by atoms with van der Waals surface area (Å²) in [6, 6.07) is 6.98. The second kappa shape index (κ2) is 8.86. The van der Waals surface area contributed by atoms with Crippen molar-refractivity contribution < 1.29 is 14.6 Å². The number of benzene rings is 1. The van der Waals surface area contributed by atoms with Crippen LogP contribution >= 0.6 is 0 Å². The first-order valence-electron chi connectivity index (χ1n) is 8.23. The quantitative estimate of drug-likeness (QED) is 0.803. The number of hydrogen-bond donors (Lipinski definition) is 2. The van der Waals surface area contributed by atoms with Gasteiger partial charge >= 0.3 is 6.03 Å². The van der Waals surface area contributed by atoms with Gasteiger partial charge in [-0.25, -0.2) is 4.79 Å². The van der Waals surface area contributed by atoms with Gasteiger partial charge in [0.15, 0.2) is 0 Å². The molecule has 24 heavy (non-hydrogen) atoms. The van der Waals surface area contributed by atoms with Crippen LogP contribution in [0.3, 0.4) is 0 Å². The lowest BCUT2D eigenvalue weighted by Crippen LogP contribution is -2.49. The predicted octanol–water partition coefficient (Wildman–Crippen LogP) is 0.767. The summed E-state index contributed by atoms with van der Waals surface area (Å²) < 4.78 is 5.22. The highest BCUT2D eigenvalue weighted by molar-refractivity contribution is 5.90. The van der Waals surface area contributed by atoms with Crippen molar-refractivity contribution in [2.24, 2.45) is 0 Å². The van der Waals surface area contributed by atoms with Crippen molar-refractivity contribution in [2.75, 3.05) is 65.8 Å². The van der Waals surface area contributed by atoms with Gasteiger partial charge in [0, 0.05) is 46.3 Å². The van der Waals surface area contributed by atoms with Crippen LogP contribution in [0, 0.1) is 0 Å². The van der Waals surface area contributed by atoms with E-state index in [1.54, 1.807) is 26.3 Å². The largest absolute Gasteiger partial charge is 0.495 e. The first kappa shape index (κ1) is 18.5. The van der Waals surface area contributed by atoms with Crippen LogP contribution in [0.25, 0.3) is 0 Å². The van der Waals surface area contributed by atoms with E-state index < -0.39 is 6.10 Å². The van der Waals surface area contributed by atoms with Crippen molar-refractivity contribution in [1.82, 2.24) is 14.7 Å². The highest BCUT2D eigenvalue weighted by atomic mass is 16.5. The number of likely N-dealkylation sites (N-methyl/N-ethyl adjacent to an activating group) is 2. The molecule has 2 N–H and O–H groups in total. The number of piperazine rings is 1. The number of ether oxygens (including phenoxy) is 1. The molecule has 1 fully saturated rings. The minimum Gasteiger partial charge on any atom is -0.495 e. The van der Waals surface area contributed by atoms with Crippen molar-refractivity contribution in [1.29, 1.82) is 0 Å². The molecule has 0 aliphatic carbocycles. The van der Waals surface area contributed by atoms with E-state index in [0.717, 1.165) is 26.2 Å². The summed E-state index contributed by atoms with van der Waals surface area (Å²) in [5.41, 5.74) is 0.616. The van der Waals surface area contributed by atoms with Crippen molar-refractivity contribution >= 4 is 11.7 Å². The summed E-state index contributed by atoms with van der Waals surface area (Å²) in [4.78, 5) is 18.3. The molecule has 1 aliphatic rings. The number of carbonyl (C=O) groups excluding carboxylic acids is 1. The SMILES string of the molecule is COc1ccccc1NC(=O)N(C)C[C@H](O)CN1CCN(C)CC1. The normalized spacial score (nSPS) is 17.3. The molecule has 1 aliphatic heterocycles. The maximum Gasteiger partial charge on any atom is 0.321 e. The van der Waals surface area contributed by atoms with Gasteiger partial charge in [-0.05, 0) is 19.2 Å². The fraction of sp³-hybridized carbons (Fsp3) is 0.588. The average Bonchev–Trinajstić information content (AvgIpc) is 2.57. The third kappa shape index (κ3) is 5.36. The van der Waals surface area contributed by atoms with Gasteiger partial charge in [0.2, 0.25) is 0 Å². The van der Waals surface area contributed by atoms with Gasteiger partial charge in [-0.1, -0.05) is 12.1 Å². The summed E-state index contributed by atoms with van der Waals surface area (Å²) in [5, 5.41) is 13.1. The molecule has 134 valence electrons. The minimum absolute atomic E-state index is 0.267. The van der Waals surface area contributed by atoms with Crippen molar-refractivity contribution in [3.05, 3.63) is 24.3 Å².